The van der Waals surface area contributed by atoms with Crippen LogP contribution in [-0.2, 0) is 42.2 Å². The minimum Gasteiger partial charge on any atom is -0.462 e. The van der Waals surface area contributed by atoms with Crippen molar-refractivity contribution in [2.24, 2.45) is 0 Å². The fourth-order valence-corrected chi connectivity index (χ4v) is 8.72. The van der Waals surface area contributed by atoms with E-state index in [9.17, 15) is 28.9 Å². The zero-order valence-electron chi connectivity index (χ0n) is 45.0. The average molecular weight is 1010 g/mol. The molecule has 12 heteroatoms. The highest BCUT2D eigenvalue weighted by atomic mass is 31.2. The van der Waals surface area contributed by atoms with E-state index >= 15 is 0 Å². The van der Waals surface area contributed by atoms with Gasteiger partial charge in [-0.3, -0.25) is 23.4 Å². The Kier molecular flexibility index (Phi) is 50.8. The highest BCUT2D eigenvalue weighted by Gasteiger charge is 2.28. The van der Waals surface area contributed by atoms with Crippen LogP contribution in [0.25, 0.3) is 0 Å². The summed E-state index contributed by atoms with van der Waals surface area (Å²) in [6.45, 7) is 4.51. The predicted molar refractivity (Wildman–Crippen MR) is 289 cm³/mol. The lowest BCUT2D eigenvalue weighted by atomic mass is 10.0. The number of unbranched alkanes of at least 4 members (excludes halogenated alkanes) is 28. The summed E-state index contributed by atoms with van der Waals surface area (Å²) in [6.07, 6.45) is 55.1. The number of carbonyl (C=O) groups excluding carboxylic acids is 3. The van der Waals surface area contributed by atoms with Crippen molar-refractivity contribution in [3.63, 3.8) is 0 Å². The van der Waals surface area contributed by atoms with E-state index in [1.54, 1.807) is 0 Å². The largest absolute Gasteiger partial charge is 0.472 e. The minimum atomic E-state index is -4.75. The number of hydrogen-bond acceptors (Lipinski definition) is 10. The van der Waals surface area contributed by atoms with Crippen LogP contribution in [0.15, 0.2) is 48.6 Å². The Balaban J connectivity index is 4.63. The molecule has 0 radical (unpaired) electrons. The molecule has 3 atom stereocenters. The van der Waals surface area contributed by atoms with Crippen LogP contribution in [0.3, 0.4) is 0 Å². The minimum absolute atomic E-state index is 0.142. The number of rotatable bonds is 53. The summed E-state index contributed by atoms with van der Waals surface area (Å²) < 4.78 is 39.4. The van der Waals surface area contributed by atoms with Gasteiger partial charge in [-0.25, -0.2) is 4.57 Å². The van der Waals surface area contributed by atoms with Gasteiger partial charge in [0.2, 0.25) is 0 Å². The van der Waals surface area contributed by atoms with Crippen LogP contribution in [0.2, 0.25) is 0 Å². The first-order valence-corrected chi connectivity index (χ1v) is 30.0. The molecule has 0 aliphatic carbocycles. The number of ether oxygens (including phenoxy) is 3. The van der Waals surface area contributed by atoms with Crippen LogP contribution in [0, 0.1) is 0 Å². The number of aliphatic hydroxyl groups excluding tert-OH is 1. The first-order chi connectivity index (χ1) is 34.2. The fraction of sp³-hybridized carbons (Fsp3) is 0.810. The number of phosphoric acid groups is 1. The van der Waals surface area contributed by atoms with Gasteiger partial charge in [0.05, 0.1) is 19.8 Å². The van der Waals surface area contributed by atoms with Gasteiger partial charge in [-0.2, -0.15) is 0 Å². The standard InChI is InChI=1S/C58H105O11P/c1-4-7-10-13-16-19-21-23-25-27-29-31-33-36-39-42-45-48-57(61)68-54(50-59)52-66-70(63,64)67-53-55(51-65-56(60)47-44-41-38-35-18-15-12-9-6-3)69-58(62)49-46-43-40-37-34-32-30-28-26-24-22-20-17-14-11-8-5-2/h8,11,17,20,24,26,30,32,54-55,59H,4-7,9-10,12-16,18-19,21-23,25,27-29,31,33-53H2,1-3H3,(H,63,64)/b11-8-,20-17-,26-24-,32-30-. The molecule has 0 aliphatic rings. The lowest BCUT2D eigenvalue weighted by Crippen LogP contribution is -2.30. The number of esters is 3. The molecule has 11 nitrogen and oxygen atoms in total. The summed E-state index contributed by atoms with van der Waals surface area (Å²) >= 11 is 0. The predicted octanol–water partition coefficient (Wildman–Crippen LogP) is 16.6. The monoisotopic (exact) mass is 1010 g/mol. The maximum atomic E-state index is 12.9. The quantitative estimate of drug-likeness (QED) is 0.0197. The zero-order valence-corrected chi connectivity index (χ0v) is 45.9. The molecule has 408 valence electrons. The Morgan fingerprint density at radius 2 is 0.743 bits per heavy atom. The Bertz CT molecular complexity index is 1360. The Hall–Kier alpha value is -2.56. The molecule has 0 fully saturated rings. The molecular formula is C58H105O11P. The lowest BCUT2D eigenvalue weighted by Gasteiger charge is -2.21. The van der Waals surface area contributed by atoms with E-state index in [2.05, 4.69) is 69.4 Å². The molecule has 0 bridgehead atoms. The second-order valence-electron chi connectivity index (χ2n) is 19.1. The van der Waals surface area contributed by atoms with Crippen LogP contribution in [0.5, 0.6) is 0 Å². The zero-order chi connectivity index (χ0) is 51.3. The van der Waals surface area contributed by atoms with Gasteiger partial charge in [0.1, 0.15) is 12.7 Å². The molecule has 3 unspecified atom stereocenters. The second kappa shape index (κ2) is 52.8. The highest BCUT2D eigenvalue weighted by Crippen LogP contribution is 2.43. The van der Waals surface area contributed by atoms with Crippen LogP contribution in [0.1, 0.15) is 265 Å². The van der Waals surface area contributed by atoms with Crippen molar-refractivity contribution in [1.82, 2.24) is 0 Å². The maximum absolute atomic E-state index is 12.9. The van der Waals surface area contributed by atoms with Gasteiger partial charge in [-0.1, -0.05) is 236 Å². The van der Waals surface area contributed by atoms with E-state index in [4.69, 9.17) is 23.3 Å². The molecule has 0 rings (SSSR count). The maximum Gasteiger partial charge on any atom is 0.472 e. The molecule has 70 heavy (non-hydrogen) atoms. The van der Waals surface area contributed by atoms with Crippen LogP contribution < -0.4 is 0 Å². The first-order valence-electron chi connectivity index (χ1n) is 28.5. The van der Waals surface area contributed by atoms with Gasteiger partial charge < -0.3 is 24.2 Å². The third kappa shape index (κ3) is 50.4. The van der Waals surface area contributed by atoms with Crippen molar-refractivity contribution >= 4 is 25.7 Å². The van der Waals surface area contributed by atoms with E-state index in [1.165, 1.54) is 116 Å². The third-order valence-electron chi connectivity index (χ3n) is 12.3. The topological polar surface area (TPSA) is 155 Å². The normalized spacial score (nSPS) is 13.7. The molecule has 0 amide bonds. The number of allylic oxidation sites excluding steroid dienone is 8. The first kappa shape index (κ1) is 67.4. The molecule has 0 heterocycles. The Morgan fingerprint density at radius 1 is 0.414 bits per heavy atom. The molecule has 2 N–H and O–H groups in total. The van der Waals surface area contributed by atoms with Gasteiger partial charge in [0.25, 0.3) is 0 Å². The summed E-state index contributed by atoms with van der Waals surface area (Å²) in [5, 5.41) is 9.81. The number of hydrogen-bond donors (Lipinski definition) is 2. The van der Waals surface area contributed by atoms with Crippen LogP contribution in [0.4, 0.5) is 0 Å². The molecule has 0 aromatic carbocycles. The molecule has 0 aliphatic heterocycles. The molecule has 0 saturated heterocycles. The molecule has 0 aromatic rings. The van der Waals surface area contributed by atoms with Crippen LogP contribution in [-0.4, -0.2) is 66.5 Å². The van der Waals surface area contributed by atoms with Crippen molar-refractivity contribution in [2.45, 2.75) is 277 Å². The van der Waals surface area contributed by atoms with Crippen molar-refractivity contribution < 1.29 is 52.2 Å². The van der Waals surface area contributed by atoms with E-state index in [0.717, 1.165) is 89.9 Å². The Morgan fingerprint density at radius 3 is 1.14 bits per heavy atom. The van der Waals surface area contributed by atoms with Gasteiger partial charge in [0, 0.05) is 19.3 Å². The van der Waals surface area contributed by atoms with Crippen molar-refractivity contribution in [2.75, 3.05) is 26.4 Å². The van der Waals surface area contributed by atoms with E-state index in [-0.39, 0.29) is 25.9 Å². The van der Waals surface area contributed by atoms with E-state index < -0.39 is 57.8 Å². The van der Waals surface area contributed by atoms with Gasteiger partial charge in [-0.05, 0) is 57.8 Å². The third-order valence-corrected chi connectivity index (χ3v) is 13.2. The van der Waals surface area contributed by atoms with Crippen molar-refractivity contribution in [3.05, 3.63) is 48.6 Å². The summed E-state index contributed by atoms with van der Waals surface area (Å²) in [4.78, 5) is 48.4. The number of carbonyl (C=O) groups is 3. The van der Waals surface area contributed by atoms with E-state index in [1.807, 2.05) is 0 Å². The fourth-order valence-electron chi connectivity index (χ4n) is 7.94. The SMILES string of the molecule is CC/C=C\C/C=C\C/C=C\C/C=C\CCCCCCC(=O)OC(COC(=O)CCCCCCCCCCC)COP(=O)(O)OCC(CO)OC(=O)CCCCCCCCCCCCCCCCCCC. The van der Waals surface area contributed by atoms with Gasteiger partial charge >= 0.3 is 25.7 Å². The summed E-state index contributed by atoms with van der Waals surface area (Å²) in [5.41, 5.74) is 0. The van der Waals surface area contributed by atoms with Gasteiger partial charge in [-0.15, -0.1) is 0 Å². The molecular weight excluding hydrogens is 904 g/mol. The lowest BCUT2D eigenvalue weighted by molar-refractivity contribution is -0.161. The highest BCUT2D eigenvalue weighted by molar-refractivity contribution is 7.47. The smallest absolute Gasteiger partial charge is 0.462 e. The molecule has 0 saturated carbocycles. The summed E-state index contributed by atoms with van der Waals surface area (Å²) in [6, 6.07) is 0. The molecule has 0 aromatic heterocycles. The van der Waals surface area contributed by atoms with E-state index in [0.29, 0.717) is 19.3 Å². The van der Waals surface area contributed by atoms with Crippen LogP contribution >= 0.6 is 7.82 Å². The second-order valence-corrected chi connectivity index (χ2v) is 20.5. The van der Waals surface area contributed by atoms with Crippen molar-refractivity contribution in [3.8, 4) is 0 Å². The van der Waals surface area contributed by atoms with Crippen molar-refractivity contribution in [1.29, 1.82) is 0 Å². The average Bonchev–Trinajstić information content (AvgIpc) is 3.35. The summed E-state index contributed by atoms with van der Waals surface area (Å²) in [7, 11) is -4.75. The number of aliphatic hydroxyl groups is 1. The molecule has 0 spiro atoms. The van der Waals surface area contributed by atoms with Gasteiger partial charge in [0.15, 0.2) is 6.10 Å². The summed E-state index contributed by atoms with van der Waals surface area (Å²) in [5.74, 6) is -1.48. The number of phosphoric ester groups is 1. The Labute approximate surface area is 428 Å².